The van der Waals surface area contributed by atoms with Crippen LogP contribution in [-0.2, 0) is 17.6 Å². The van der Waals surface area contributed by atoms with Gasteiger partial charge in [0.1, 0.15) is 0 Å². The number of hydrogen-bond acceptors (Lipinski definition) is 3. The standard InChI is InChI=1S/C21H24N2O3/c24-20(22-18-8-3-6-15-5-1-2-7-17(15)18)16-10-12-23(13-11-16)21(25)19-9-4-14-26-19/h3-4,6,8-9,14,16H,1-2,5,7,10-13H2,(H,22,24). The number of hydrogen-bond donors (Lipinski definition) is 1. The van der Waals surface area contributed by atoms with Gasteiger partial charge in [-0.05, 0) is 67.9 Å². The highest BCUT2D eigenvalue weighted by Gasteiger charge is 2.29. The van der Waals surface area contributed by atoms with Gasteiger partial charge in [-0.1, -0.05) is 12.1 Å². The van der Waals surface area contributed by atoms with Crippen LogP contribution in [0.5, 0.6) is 0 Å². The smallest absolute Gasteiger partial charge is 0.289 e. The monoisotopic (exact) mass is 352 g/mol. The summed E-state index contributed by atoms with van der Waals surface area (Å²) < 4.78 is 5.18. The Morgan fingerprint density at radius 3 is 2.62 bits per heavy atom. The maximum atomic E-state index is 12.7. The third kappa shape index (κ3) is 3.39. The average molecular weight is 352 g/mol. The predicted molar refractivity (Wildman–Crippen MR) is 99.0 cm³/mol. The van der Waals surface area contributed by atoms with E-state index in [9.17, 15) is 9.59 Å². The Morgan fingerprint density at radius 2 is 1.85 bits per heavy atom. The van der Waals surface area contributed by atoms with Crippen molar-refractivity contribution in [2.24, 2.45) is 5.92 Å². The van der Waals surface area contributed by atoms with E-state index in [1.165, 1.54) is 30.2 Å². The van der Waals surface area contributed by atoms with E-state index in [0.717, 1.165) is 18.5 Å². The van der Waals surface area contributed by atoms with Crippen LogP contribution in [0.3, 0.4) is 0 Å². The Kier molecular flexibility index (Phi) is 4.78. The van der Waals surface area contributed by atoms with Crippen molar-refractivity contribution in [2.45, 2.75) is 38.5 Å². The van der Waals surface area contributed by atoms with Crippen molar-refractivity contribution in [1.82, 2.24) is 4.90 Å². The van der Waals surface area contributed by atoms with Crippen LogP contribution in [0, 0.1) is 5.92 Å². The van der Waals surface area contributed by atoms with Crippen LogP contribution in [0.2, 0.25) is 0 Å². The predicted octanol–water partition coefficient (Wildman–Crippen LogP) is 3.65. The number of fused-ring (bicyclic) bond motifs is 1. The Morgan fingerprint density at radius 1 is 1.04 bits per heavy atom. The average Bonchev–Trinajstić information content (AvgIpc) is 3.23. The fourth-order valence-electron chi connectivity index (χ4n) is 4.03. The Labute approximate surface area is 153 Å². The van der Waals surface area contributed by atoms with E-state index in [-0.39, 0.29) is 17.7 Å². The van der Waals surface area contributed by atoms with Crippen LogP contribution in [0.15, 0.2) is 41.0 Å². The van der Waals surface area contributed by atoms with Crippen molar-refractivity contribution in [3.63, 3.8) is 0 Å². The van der Waals surface area contributed by atoms with Crippen molar-refractivity contribution in [2.75, 3.05) is 18.4 Å². The number of likely N-dealkylation sites (tertiary alicyclic amines) is 1. The van der Waals surface area contributed by atoms with E-state index in [4.69, 9.17) is 4.42 Å². The first-order valence-electron chi connectivity index (χ1n) is 9.47. The summed E-state index contributed by atoms with van der Waals surface area (Å²) >= 11 is 0. The Hall–Kier alpha value is -2.56. The molecule has 1 N–H and O–H groups in total. The molecule has 2 amide bonds. The van der Waals surface area contributed by atoms with Crippen LogP contribution < -0.4 is 5.32 Å². The summed E-state index contributed by atoms with van der Waals surface area (Å²) in [6.45, 7) is 1.18. The molecule has 0 radical (unpaired) electrons. The minimum absolute atomic E-state index is 0.0462. The number of carbonyl (C=O) groups is 2. The van der Waals surface area contributed by atoms with Crippen LogP contribution in [0.25, 0.3) is 0 Å². The van der Waals surface area contributed by atoms with Gasteiger partial charge in [0.15, 0.2) is 5.76 Å². The summed E-state index contributed by atoms with van der Waals surface area (Å²) in [7, 11) is 0. The van der Waals surface area contributed by atoms with Gasteiger partial charge in [-0.2, -0.15) is 0 Å². The number of nitrogens with one attached hydrogen (secondary N) is 1. The lowest BCUT2D eigenvalue weighted by atomic mass is 9.90. The summed E-state index contributed by atoms with van der Waals surface area (Å²) in [6, 6.07) is 9.61. The summed E-state index contributed by atoms with van der Waals surface area (Å²) in [5.74, 6) is 0.305. The molecule has 0 unspecified atom stereocenters. The van der Waals surface area contributed by atoms with Gasteiger partial charge in [-0.25, -0.2) is 0 Å². The summed E-state index contributed by atoms with van der Waals surface area (Å²) in [4.78, 5) is 26.8. The molecular formula is C21H24N2O3. The fourth-order valence-corrected chi connectivity index (χ4v) is 4.03. The van der Waals surface area contributed by atoms with Gasteiger partial charge in [0.05, 0.1) is 6.26 Å². The highest BCUT2D eigenvalue weighted by molar-refractivity contribution is 5.94. The van der Waals surface area contributed by atoms with Gasteiger partial charge in [0, 0.05) is 24.7 Å². The molecule has 1 fully saturated rings. The highest BCUT2D eigenvalue weighted by atomic mass is 16.3. The van der Waals surface area contributed by atoms with Crippen LogP contribution in [-0.4, -0.2) is 29.8 Å². The summed E-state index contributed by atoms with van der Waals surface area (Å²) in [6.07, 6.45) is 7.45. The zero-order chi connectivity index (χ0) is 17.9. The molecule has 5 nitrogen and oxygen atoms in total. The molecule has 0 spiro atoms. The quantitative estimate of drug-likeness (QED) is 0.917. The number of amides is 2. The number of aryl methyl sites for hydroxylation is 1. The lowest BCUT2D eigenvalue weighted by Crippen LogP contribution is -2.41. The van der Waals surface area contributed by atoms with E-state index in [1.807, 2.05) is 12.1 Å². The molecule has 4 rings (SSSR count). The molecule has 2 aromatic rings. The second-order valence-electron chi connectivity index (χ2n) is 7.18. The number of piperidine rings is 1. The first-order valence-corrected chi connectivity index (χ1v) is 9.47. The zero-order valence-electron chi connectivity index (χ0n) is 14.9. The lowest BCUT2D eigenvalue weighted by molar-refractivity contribution is -0.121. The van der Waals surface area contributed by atoms with Crippen molar-refractivity contribution in [3.8, 4) is 0 Å². The minimum atomic E-state index is -0.0917. The van der Waals surface area contributed by atoms with E-state index in [1.54, 1.807) is 17.0 Å². The molecule has 1 aliphatic heterocycles. The largest absolute Gasteiger partial charge is 0.459 e. The van der Waals surface area contributed by atoms with Gasteiger partial charge in [0.2, 0.25) is 5.91 Å². The minimum Gasteiger partial charge on any atom is -0.459 e. The second-order valence-corrected chi connectivity index (χ2v) is 7.18. The topological polar surface area (TPSA) is 62.6 Å². The van der Waals surface area contributed by atoms with Crippen molar-refractivity contribution in [1.29, 1.82) is 0 Å². The molecular weight excluding hydrogens is 328 g/mol. The molecule has 0 bridgehead atoms. The number of nitrogens with zero attached hydrogens (tertiary/aromatic N) is 1. The van der Waals surface area contributed by atoms with E-state index in [0.29, 0.717) is 31.7 Å². The summed E-state index contributed by atoms with van der Waals surface area (Å²) in [5, 5.41) is 3.15. The first-order chi connectivity index (χ1) is 12.7. The van der Waals surface area contributed by atoms with Crippen LogP contribution in [0.1, 0.15) is 47.4 Å². The SMILES string of the molecule is O=C(Nc1cccc2c1CCCC2)C1CCN(C(=O)c2ccco2)CC1. The third-order valence-corrected chi connectivity index (χ3v) is 5.54. The van der Waals surface area contributed by atoms with Crippen LogP contribution >= 0.6 is 0 Å². The van der Waals surface area contributed by atoms with Crippen molar-refractivity contribution < 1.29 is 14.0 Å². The van der Waals surface area contributed by atoms with E-state index >= 15 is 0 Å². The third-order valence-electron chi connectivity index (χ3n) is 5.54. The van der Waals surface area contributed by atoms with Crippen LogP contribution in [0.4, 0.5) is 5.69 Å². The van der Waals surface area contributed by atoms with Gasteiger partial charge >= 0.3 is 0 Å². The highest BCUT2D eigenvalue weighted by Crippen LogP contribution is 2.29. The first kappa shape index (κ1) is 16.9. The second kappa shape index (κ2) is 7.36. The van der Waals surface area contributed by atoms with Gasteiger partial charge in [-0.15, -0.1) is 0 Å². The molecule has 1 saturated heterocycles. The lowest BCUT2D eigenvalue weighted by Gasteiger charge is -2.31. The molecule has 26 heavy (non-hydrogen) atoms. The zero-order valence-corrected chi connectivity index (χ0v) is 14.9. The van der Waals surface area contributed by atoms with Gasteiger partial charge in [0.25, 0.3) is 5.91 Å². The summed E-state index contributed by atoms with van der Waals surface area (Å²) in [5.41, 5.74) is 3.65. The number of anilines is 1. The van der Waals surface area contributed by atoms with Gasteiger partial charge in [-0.3, -0.25) is 9.59 Å². The molecule has 0 atom stereocenters. The Balaban J connectivity index is 1.36. The van der Waals surface area contributed by atoms with E-state index < -0.39 is 0 Å². The normalized spacial score (nSPS) is 17.6. The number of benzene rings is 1. The Bertz CT molecular complexity index is 790. The van der Waals surface area contributed by atoms with Crippen molar-refractivity contribution in [3.05, 3.63) is 53.5 Å². The fraction of sp³-hybridized carbons (Fsp3) is 0.429. The number of carbonyl (C=O) groups excluding carboxylic acids is 2. The number of rotatable bonds is 3. The molecule has 2 aliphatic rings. The molecule has 2 heterocycles. The maximum absolute atomic E-state index is 12.7. The molecule has 1 aliphatic carbocycles. The van der Waals surface area contributed by atoms with Gasteiger partial charge < -0.3 is 14.6 Å². The van der Waals surface area contributed by atoms with E-state index in [2.05, 4.69) is 11.4 Å². The maximum Gasteiger partial charge on any atom is 0.289 e. The van der Waals surface area contributed by atoms with Crippen molar-refractivity contribution >= 4 is 17.5 Å². The molecule has 0 saturated carbocycles. The molecule has 136 valence electrons. The molecule has 5 heteroatoms. The molecule has 1 aromatic carbocycles. The number of furan rings is 1. The molecule has 1 aromatic heterocycles.